The molecule has 5 heteroatoms. The Labute approximate surface area is 45.5 Å². The lowest BCUT2D eigenvalue weighted by Gasteiger charge is -1.66. The molecule has 0 fully saturated rings. The molecule has 1 rings (SSSR count). The SMILES string of the molecule is Cn1n[n+](C)[nH]c1=O. The van der Waals surface area contributed by atoms with Crippen molar-refractivity contribution in [3.8, 4) is 0 Å². The van der Waals surface area contributed by atoms with E-state index in [2.05, 4.69) is 10.3 Å². The molecule has 0 aliphatic carbocycles. The number of nitrogens with zero attached hydrogens (tertiary/aromatic N) is 3. The molecule has 1 aromatic rings. The van der Waals surface area contributed by atoms with Gasteiger partial charge in [0.2, 0.25) is 0 Å². The van der Waals surface area contributed by atoms with E-state index >= 15 is 0 Å². The van der Waals surface area contributed by atoms with E-state index in [-0.39, 0.29) is 5.69 Å². The van der Waals surface area contributed by atoms with Crippen LogP contribution in [0.3, 0.4) is 0 Å². The van der Waals surface area contributed by atoms with Crippen molar-refractivity contribution < 1.29 is 4.80 Å². The van der Waals surface area contributed by atoms with E-state index in [1.165, 1.54) is 9.48 Å². The summed E-state index contributed by atoms with van der Waals surface area (Å²) < 4.78 is 1.22. The van der Waals surface area contributed by atoms with Crippen molar-refractivity contribution in [2.45, 2.75) is 0 Å². The van der Waals surface area contributed by atoms with Crippen LogP contribution in [0, 0.1) is 0 Å². The van der Waals surface area contributed by atoms with Gasteiger partial charge in [-0.1, -0.05) is 9.48 Å². The second kappa shape index (κ2) is 1.43. The second-order valence-electron chi connectivity index (χ2n) is 1.55. The fourth-order valence-electron chi connectivity index (χ4n) is 0.475. The maximum atomic E-state index is 10.5. The number of hydrogen-bond donors (Lipinski definition) is 1. The third-order valence-electron chi connectivity index (χ3n) is 0.820. The van der Waals surface area contributed by atoms with Crippen molar-refractivity contribution >= 4 is 0 Å². The Balaban J connectivity index is 3.35. The molecular weight excluding hydrogens is 108 g/mol. The van der Waals surface area contributed by atoms with E-state index in [9.17, 15) is 4.79 Å². The quantitative estimate of drug-likeness (QED) is 0.395. The first-order chi connectivity index (χ1) is 3.70. The summed E-state index contributed by atoms with van der Waals surface area (Å²) in [5.74, 6) is 0. The van der Waals surface area contributed by atoms with Gasteiger partial charge in [-0.05, 0) is 0 Å². The molecule has 44 valence electrons. The molecule has 0 bridgehead atoms. The fourth-order valence-corrected chi connectivity index (χ4v) is 0.475. The molecule has 0 aromatic carbocycles. The minimum atomic E-state index is -0.201. The molecule has 5 nitrogen and oxygen atoms in total. The second-order valence-corrected chi connectivity index (χ2v) is 1.55. The van der Waals surface area contributed by atoms with Crippen LogP contribution in [0.15, 0.2) is 4.79 Å². The smallest absolute Gasteiger partial charge is 0.215 e. The van der Waals surface area contributed by atoms with Crippen molar-refractivity contribution in [3.63, 3.8) is 0 Å². The highest BCUT2D eigenvalue weighted by atomic mass is 16.2. The molecule has 1 aromatic heterocycles. The van der Waals surface area contributed by atoms with E-state index in [1.807, 2.05) is 0 Å². The third kappa shape index (κ3) is 0.617. The van der Waals surface area contributed by atoms with E-state index < -0.39 is 0 Å². The first-order valence-electron chi connectivity index (χ1n) is 2.20. The standard InChI is InChI=1S/C3H6N4O/c1-6-3(8)4-7(2)5-6/h1-2H3/p+1. The number of aromatic nitrogens is 4. The van der Waals surface area contributed by atoms with Gasteiger partial charge < -0.3 is 0 Å². The number of H-pyrrole nitrogens is 1. The average molecular weight is 115 g/mol. The van der Waals surface area contributed by atoms with Gasteiger partial charge in [0.1, 0.15) is 19.3 Å². The maximum absolute atomic E-state index is 10.5. The monoisotopic (exact) mass is 115 g/mol. The third-order valence-corrected chi connectivity index (χ3v) is 0.820. The van der Waals surface area contributed by atoms with Crippen LogP contribution in [0.4, 0.5) is 0 Å². The van der Waals surface area contributed by atoms with Crippen LogP contribution in [0.5, 0.6) is 0 Å². The minimum Gasteiger partial charge on any atom is -0.215 e. The number of rotatable bonds is 0. The zero-order valence-corrected chi connectivity index (χ0v) is 4.75. The molecule has 0 radical (unpaired) electrons. The molecule has 0 aliphatic rings. The molecule has 1 N–H and O–H groups in total. The Bertz CT molecular complexity index is 234. The Hall–Kier alpha value is -1.13. The van der Waals surface area contributed by atoms with Crippen molar-refractivity contribution in [1.82, 2.24) is 15.0 Å². The van der Waals surface area contributed by atoms with Crippen LogP contribution < -0.4 is 10.5 Å². The summed E-state index contributed by atoms with van der Waals surface area (Å²) in [4.78, 5) is 11.8. The van der Waals surface area contributed by atoms with Gasteiger partial charge in [0.15, 0.2) is 0 Å². The van der Waals surface area contributed by atoms with E-state index in [1.54, 1.807) is 14.1 Å². The Morgan fingerprint density at radius 3 is 2.62 bits per heavy atom. The number of hydrogen-bond acceptors (Lipinski definition) is 2. The summed E-state index contributed by atoms with van der Waals surface area (Å²) >= 11 is 0. The van der Waals surface area contributed by atoms with Crippen molar-refractivity contribution in [2.24, 2.45) is 14.1 Å². The summed E-state index contributed by atoms with van der Waals surface area (Å²) in [6, 6.07) is 0. The number of aryl methyl sites for hydroxylation is 2. The summed E-state index contributed by atoms with van der Waals surface area (Å²) in [5.41, 5.74) is -0.201. The Morgan fingerprint density at radius 1 is 1.88 bits per heavy atom. The van der Waals surface area contributed by atoms with Gasteiger partial charge in [-0.3, -0.25) is 0 Å². The lowest BCUT2D eigenvalue weighted by Crippen LogP contribution is -2.35. The van der Waals surface area contributed by atoms with Crippen LogP contribution in [0.2, 0.25) is 0 Å². The number of aromatic amines is 1. The molecule has 0 aliphatic heterocycles. The van der Waals surface area contributed by atoms with Gasteiger partial charge in [-0.2, -0.15) is 0 Å². The molecule has 0 saturated carbocycles. The highest BCUT2D eigenvalue weighted by Crippen LogP contribution is 1.45. The molecular formula is C3H7N4O+. The van der Waals surface area contributed by atoms with Crippen LogP contribution in [-0.4, -0.2) is 15.0 Å². The van der Waals surface area contributed by atoms with Gasteiger partial charge in [0, 0.05) is 0 Å². The van der Waals surface area contributed by atoms with Gasteiger partial charge >= 0.3 is 5.69 Å². The summed E-state index contributed by atoms with van der Waals surface area (Å²) in [6.45, 7) is 0. The van der Waals surface area contributed by atoms with Crippen LogP contribution >= 0.6 is 0 Å². The summed E-state index contributed by atoms with van der Waals surface area (Å²) in [5, 5.41) is 6.10. The fraction of sp³-hybridized carbons (Fsp3) is 0.667. The van der Waals surface area contributed by atoms with Crippen molar-refractivity contribution in [3.05, 3.63) is 10.5 Å². The molecule has 1 heterocycles. The minimum absolute atomic E-state index is 0.201. The first kappa shape index (κ1) is 5.02. The Kier molecular flexibility index (Phi) is 0.896. The predicted octanol–water partition coefficient (Wildman–Crippen LogP) is -2.07. The molecule has 0 amide bonds. The van der Waals surface area contributed by atoms with Gasteiger partial charge in [-0.15, -0.1) is 5.10 Å². The maximum Gasteiger partial charge on any atom is 0.465 e. The van der Waals surface area contributed by atoms with Crippen molar-refractivity contribution in [2.75, 3.05) is 0 Å². The van der Waals surface area contributed by atoms with Crippen molar-refractivity contribution in [1.29, 1.82) is 0 Å². The topological polar surface area (TPSA) is 54.6 Å². The zero-order valence-electron chi connectivity index (χ0n) is 4.75. The van der Waals surface area contributed by atoms with Gasteiger partial charge in [0.05, 0.1) is 0 Å². The lowest BCUT2D eigenvalue weighted by atomic mass is 11.2. The normalized spacial score (nSPS) is 9.75. The number of nitrogens with one attached hydrogen (secondary N) is 1. The van der Waals surface area contributed by atoms with Gasteiger partial charge in [-0.25, -0.2) is 4.79 Å². The molecule has 0 atom stereocenters. The van der Waals surface area contributed by atoms with E-state index in [0.29, 0.717) is 0 Å². The largest absolute Gasteiger partial charge is 0.465 e. The molecule has 0 saturated heterocycles. The molecule has 0 unspecified atom stereocenters. The molecule has 8 heavy (non-hydrogen) atoms. The zero-order chi connectivity index (χ0) is 6.15. The highest BCUT2D eigenvalue weighted by molar-refractivity contribution is 4.40. The van der Waals surface area contributed by atoms with Crippen LogP contribution in [0.25, 0.3) is 0 Å². The number of tetrazole rings is 1. The van der Waals surface area contributed by atoms with Gasteiger partial charge in [0.25, 0.3) is 0 Å². The molecule has 0 spiro atoms. The van der Waals surface area contributed by atoms with E-state index in [0.717, 1.165) is 0 Å². The van der Waals surface area contributed by atoms with E-state index in [4.69, 9.17) is 0 Å². The average Bonchev–Trinajstić information content (AvgIpc) is 1.85. The summed E-state index contributed by atoms with van der Waals surface area (Å²) in [6.07, 6.45) is 0. The summed E-state index contributed by atoms with van der Waals surface area (Å²) in [7, 11) is 3.24. The predicted molar refractivity (Wildman–Crippen MR) is 25.0 cm³/mol. The Morgan fingerprint density at radius 2 is 2.50 bits per heavy atom. The van der Waals surface area contributed by atoms with Crippen LogP contribution in [-0.2, 0) is 14.1 Å². The van der Waals surface area contributed by atoms with Crippen LogP contribution in [0.1, 0.15) is 0 Å². The highest BCUT2D eigenvalue weighted by Gasteiger charge is 1.99. The first-order valence-corrected chi connectivity index (χ1v) is 2.20. The lowest BCUT2D eigenvalue weighted by molar-refractivity contribution is -0.785.